The Morgan fingerprint density at radius 1 is 1.67 bits per heavy atom. The van der Waals surface area contributed by atoms with Crippen molar-refractivity contribution in [1.29, 1.82) is 0 Å². The van der Waals surface area contributed by atoms with Gasteiger partial charge < -0.3 is 10.6 Å². The zero-order valence-corrected chi connectivity index (χ0v) is 7.75. The molecule has 0 aromatic heterocycles. The van der Waals surface area contributed by atoms with Crippen LogP contribution in [-0.4, -0.2) is 29.9 Å². The highest BCUT2D eigenvalue weighted by atomic mass is 16.2. The Bertz CT molecular complexity index is 159. The third-order valence-corrected chi connectivity index (χ3v) is 2.52. The smallest absolute Gasteiger partial charge is 0.222 e. The summed E-state index contributed by atoms with van der Waals surface area (Å²) in [5, 5.41) is 0. The lowest BCUT2D eigenvalue weighted by Crippen LogP contribution is -2.37. The minimum atomic E-state index is 0.315. The van der Waals surface area contributed by atoms with Crippen LogP contribution in [0.1, 0.15) is 32.6 Å². The Kier molecular flexibility index (Phi) is 3.53. The molecule has 1 rings (SSSR count). The first-order valence-electron chi connectivity index (χ1n) is 4.79. The summed E-state index contributed by atoms with van der Waals surface area (Å²) in [6.07, 6.45) is 3.74. The van der Waals surface area contributed by atoms with Crippen LogP contribution in [0.2, 0.25) is 0 Å². The number of rotatable bonds is 4. The number of carbonyl (C=O) groups is 1. The number of likely N-dealkylation sites (tertiary alicyclic amines) is 1. The minimum Gasteiger partial charge on any atom is -0.340 e. The van der Waals surface area contributed by atoms with Crippen LogP contribution in [0.4, 0.5) is 0 Å². The van der Waals surface area contributed by atoms with Crippen molar-refractivity contribution in [2.45, 2.75) is 38.6 Å². The molecule has 1 saturated heterocycles. The molecule has 12 heavy (non-hydrogen) atoms. The second-order valence-electron chi connectivity index (χ2n) is 3.33. The summed E-state index contributed by atoms with van der Waals surface area (Å²) in [4.78, 5) is 13.3. The summed E-state index contributed by atoms with van der Waals surface area (Å²) in [7, 11) is 0. The molecule has 0 radical (unpaired) electrons. The maximum Gasteiger partial charge on any atom is 0.222 e. The molecule has 1 atom stereocenters. The van der Waals surface area contributed by atoms with Crippen molar-refractivity contribution in [2.24, 2.45) is 5.73 Å². The quantitative estimate of drug-likeness (QED) is 0.676. The van der Waals surface area contributed by atoms with Crippen LogP contribution >= 0.6 is 0 Å². The largest absolute Gasteiger partial charge is 0.340 e. The van der Waals surface area contributed by atoms with Crippen molar-refractivity contribution < 1.29 is 4.79 Å². The molecule has 0 spiro atoms. The second kappa shape index (κ2) is 4.45. The van der Waals surface area contributed by atoms with Crippen molar-refractivity contribution in [3.05, 3.63) is 0 Å². The van der Waals surface area contributed by atoms with Gasteiger partial charge in [-0.05, 0) is 25.8 Å². The summed E-state index contributed by atoms with van der Waals surface area (Å²) in [5.41, 5.74) is 5.48. The first-order chi connectivity index (χ1) is 5.79. The maximum atomic E-state index is 11.3. The molecule has 0 unspecified atom stereocenters. The van der Waals surface area contributed by atoms with E-state index in [2.05, 4.69) is 6.92 Å². The average Bonchev–Trinajstić information content (AvgIpc) is 2.47. The number of nitrogens with two attached hydrogens (primary N) is 1. The summed E-state index contributed by atoms with van der Waals surface area (Å²) in [6, 6.07) is 0.394. The van der Waals surface area contributed by atoms with Gasteiger partial charge in [-0.25, -0.2) is 0 Å². The van der Waals surface area contributed by atoms with E-state index in [4.69, 9.17) is 5.73 Å². The van der Waals surface area contributed by atoms with E-state index in [9.17, 15) is 4.79 Å². The molecule has 1 amide bonds. The van der Waals surface area contributed by atoms with Crippen LogP contribution in [0, 0.1) is 0 Å². The molecular formula is C9H18N2O. The topological polar surface area (TPSA) is 46.3 Å². The van der Waals surface area contributed by atoms with Gasteiger partial charge in [-0.2, -0.15) is 0 Å². The fourth-order valence-electron chi connectivity index (χ4n) is 1.83. The van der Waals surface area contributed by atoms with Gasteiger partial charge in [-0.1, -0.05) is 6.92 Å². The molecule has 1 aliphatic rings. The summed E-state index contributed by atoms with van der Waals surface area (Å²) in [6.45, 7) is 3.74. The van der Waals surface area contributed by atoms with E-state index >= 15 is 0 Å². The van der Waals surface area contributed by atoms with Gasteiger partial charge in [0.05, 0.1) is 0 Å². The molecule has 2 N–H and O–H groups in total. The molecule has 70 valence electrons. The van der Waals surface area contributed by atoms with Crippen molar-refractivity contribution in [2.75, 3.05) is 13.1 Å². The zero-order chi connectivity index (χ0) is 8.97. The van der Waals surface area contributed by atoms with Gasteiger partial charge in [0.25, 0.3) is 0 Å². The average molecular weight is 170 g/mol. The Hall–Kier alpha value is -0.570. The standard InChI is InChI=1S/C9H18N2O/c1-2-8(5-6-10)11-7-3-4-9(11)12/h8H,2-7,10H2,1H3/t8-/m0/s1. The van der Waals surface area contributed by atoms with E-state index < -0.39 is 0 Å². The lowest BCUT2D eigenvalue weighted by molar-refractivity contribution is -0.129. The Balaban J connectivity index is 2.46. The van der Waals surface area contributed by atoms with Crippen LogP contribution in [0.5, 0.6) is 0 Å². The van der Waals surface area contributed by atoms with Crippen LogP contribution in [-0.2, 0) is 4.79 Å². The predicted octanol–water partition coefficient (Wildman–Crippen LogP) is 0.736. The minimum absolute atomic E-state index is 0.315. The second-order valence-corrected chi connectivity index (χ2v) is 3.33. The monoisotopic (exact) mass is 170 g/mol. The van der Waals surface area contributed by atoms with Crippen molar-refractivity contribution in [3.63, 3.8) is 0 Å². The number of carbonyl (C=O) groups excluding carboxylic acids is 1. The normalized spacial score (nSPS) is 20.2. The highest BCUT2D eigenvalue weighted by molar-refractivity contribution is 5.78. The molecule has 0 aliphatic carbocycles. The number of hydrogen-bond donors (Lipinski definition) is 1. The van der Waals surface area contributed by atoms with Crippen LogP contribution in [0.3, 0.4) is 0 Å². The van der Waals surface area contributed by atoms with Gasteiger partial charge in [0.2, 0.25) is 5.91 Å². The van der Waals surface area contributed by atoms with Crippen molar-refractivity contribution in [1.82, 2.24) is 4.90 Å². The van der Waals surface area contributed by atoms with Crippen LogP contribution in [0.25, 0.3) is 0 Å². The van der Waals surface area contributed by atoms with Gasteiger partial charge in [0.1, 0.15) is 0 Å². The fourth-order valence-corrected chi connectivity index (χ4v) is 1.83. The summed E-state index contributed by atoms with van der Waals surface area (Å²) < 4.78 is 0. The molecule has 0 aromatic carbocycles. The molecular weight excluding hydrogens is 152 g/mol. The third kappa shape index (κ3) is 1.97. The molecule has 1 fully saturated rings. The third-order valence-electron chi connectivity index (χ3n) is 2.52. The van der Waals surface area contributed by atoms with Crippen molar-refractivity contribution in [3.8, 4) is 0 Å². The van der Waals surface area contributed by atoms with Gasteiger partial charge in [0, 0.05) is 19.0 Å². The molecule has 0 aromatic rings. The van der Waals surface area contributed by atoms with Gasteiger partial charge in [-0.15, -0.1) is 0 Å². The maximum absolute atomic E-state index is 11.3. The summed E-state index contributed by atoms with van der Waals surface area (Å²) >= 11 is 0. The number of amides is 1. The van der Waals surface area contributed by atoms with Gasteiger partial charge in [-0.3, -0.25) is 4.79 Å². The van der Waals surface area contributed by atoms with E-state index in [1.54, 1.807) is 0 Å². The summed E-state index contributed by atoms with van der Waals surface area (Å²) in [5.74, 6) is 0.315. The number of hydrogen-bond acceptors (Lipinski definition) is 2. The lowest BCUT2D eigenvalue weighted by Gasteiger charge is -2.26. The van der Waals surface area contributed by atoms with Crippen LogP contribution in [0.15, 0.2) is 0 Å². The Labute approximate surface area is 73.9 Å². The Morgan fingerprint density at radius 2 is 2.42 bits per heavy atom. The molecule has 3 heteroatoms. The van der Waals surface area contributed by atoms with E-state index in [1.807, 2.05) is 4.90 Å². The molecule has 1 aliphatic heterocycles. The van der Waals surface area contributed by atoms with E-state index in [0.29, 0.717) is 18.5 Å². The predicted molar refractivity (Wildman–Crippen MR) is 48.7 cm³/mol. The highest BCUT2D eigenvalue weighted by Gasteiger charge is 2.25. The molecule has 1 heterocycles. The molecule has 0 bridgehead atoms. The zero-order valence-electron chi connectivity index (χ0n) is 7.75. The van der Waals surface area contributed by atoms with E-state index in [1.165, 1.54) is 0 Å². The van der Waals surface area contributed by atoms with Gasteiger partial charge >= 0.3 is 0 Å². The van der Waals surface area contributed by atoms with E-state index in [-0.39, 0.29) is 0 Å². The van der Waals surface area contributed by atoms with Gasteiger partial charge in [0.15, 0.2) is 0 Å². The van der Waals surface area contributed by atoms with E-state index in [0.717, 1.165) is 32.2 Å². The number of nitrogens with zero attached hydrogens (tertiary/aromatic N) is 1. The SMILES string of the molecule is CC[C@@H](CCN)N1CCCC1=O. The molecule has 3 nitrogen and oxygen atoms in total. The lowest BCUT2D eigenvalue weighted by atomic mass is 10.1. The van der Waals surface area contributed by atoms with Crippen molar-refractivity contribution >= 4 is 5.91 Å². The Morgan fingerprint density at radius 3 is 2.83 bits per heavy atom. The fraction of sp³-hybridized carbons (Fsp3) is 0.889. The highest BCUT2D eigenvalue weighted by Crippen LogP contribution is 2.17. The first kappa shape index (κ1) is 9.52. The first-order valence-corrected chi connectivity index (χ1v) is 4.79. The van der Waals surface area contributed by atoms with Crippen LogP contribution < -0.4 is 5.73 Å². The molecule has 0 saturated carbocycles.